The van der Waals surface area contributed by atoms with Crippen LogP contribution in [-0.4, -0.2) is 57.2 Å². The van der Waals surface area contributed by atoms with Crippen LogP contribution in [0.5, 0.6) is 5.75 Å². The molecule has 2 aromatic rings. The van der Waals surface area contributed by atoms with Crippen molar-refractivity contribution in [2.24, 2.45) is 5.92 Å². The summed E-state index contributed by atoms with van der Waals surface area (Å²) in [4.78, 5) is 62.1. The molecule has 45 heavy (non-hydrogen) atoms. The van der Waals surface area contributed by atoms with Gasteiger partial charge in [0.05, 0.1) is 10.9 Å². The molecule has 2 N–H and O–H groups in total. The molecule has 0 aromatic heterocycles. The number of amides is 1. The van der Waals surface area contributed by atoms with Crippen LogP contribution in [0.25, 0.3) is 0 Å². The van der Waals surface area contributed by atoms with Gasteiger partial charge in [-0.2, -0.15) is 11.8 Å². The molecule has 244 valence electrons. The van der Waals surface area contributed by atoms with Crippen LogP contribution in [0.1, 0.15) is 95.3 Å². The number of Topliss-reactive ketones (excluding diaryl/α,β-unsaturated/α-hetero) is 2. The van der Waals surface area contributed by atoms with Gasteiger partial charge in [0.2, 0.25) is 0 Å². The van der Waals surface area contributed by atoms with Gasteiger partial charge in [-0.3, -0.25) is 24.0 Å². The summed E-state index contributed by atoms with van der Waals surface area (Å²) in [7, 11) is 0. The lowest BCUT2D eigenvalue weighted by Crippen LogP contribution is -2.34. The Morgan fingerprint density at radius 2 is 1.67 bits per heavy atom. The molecule has 1 fully saturated rings. The van der Waals surface area contributed by atoms with Gasteiger partial charge in [0.25, 0.3) is 5.91 Å². The summed E-state index contributed by atoms with van der Waals surface area (Å²) in [6.07, 6.45) is 4.37. The highest BCUT2D eigenvalue weighted by atomic mass is 32.2. The second kappa shape index (κ2) is 17.8. The molecule has 1 unspecified atom stereocenters. The average molecular weight is 640 g/mol. The zero-order chi connectivity index (χ0) is 32.8. The zero-order valence-corrected chi connectivity index (χ0v) is 27.2. The third-order valence-electron chi connectivity index (χ3n) is 7.72. The number of nitrogens with one attached hydrogen (secondary N) is 1. The third-order valence-corrected chi connectivity index (χ3v) is 9.52. The van der Waals surface area contributed by atoms with Crippen molar-refractivity contribution >= 4 is 46.9 Å². The van der Waals surface area contributed by atoms with E-state index in [2.05, 4.69) is 12.2 Å². The van der Waals surface area contributed by atoms with Crippen LogP contribution >= 0.6 is 11.8 Å². The molecule has 2 aromatic carbocycles. The highest BCUT2D eigenvalue weighted by Crippen LogP contribution is 2.39. The monoisotopic (exact) mass is 639 g/mol. The number of esters is 2. The molecular formula is C35H45NO8S. The highest BCUT2D eigenvalue weighted by molar-refractivity contribution is 8.00. The number of hydrogen-bond donors (Lipinski definition) is 2. The summed E-state index contributed by atoms with van der Waals surface area (Å²) < 4.78 is 10.8. The maximum Gasteiger partial charge on any atom is 0.311 e. The summed E-state index contributed by atoms with van der Waals surface area (Å²) >= 11 is 1.41. The summed E-state index contributed by atoms with van der Waals surface area (Å²) in [5.74, 6) is -1.18. The number of thioether (sulfide) groups is 1. The molecule has 0 heterocycles. The Morgan fingerprint density at radius 1 is 0.978 bits per heavy atom. The fraction of sp³-hybridized carbons (Fsp3) is 0.514. The number of ether oxygens (including phenoxy) is 2. The summed E-state index contributed by atoms with van der Waals surface area (Å²) in [5.41, 5.74) is 0.184. The Bertz CT molecular complexity index is 1290. The molecule has 0 aliphatic heterocycles. The van der Waals surface area contributed by atoms with Crippen molar-refractivity contribution < 1.29 is 38.6 Å². The smallest absolute Gasteiger partial charge is 0.311 e. The fourth-order valence-electron chi connectivity index (χ4n) is 5.31. The van der Waals surface area contributed by atoms with Gasteiger partial charge in [-0.25, -0.2) is 0 Å². The number of benzene rings is 2. The number of carbonyl (C=O) groups excluding carboxylic acids is 5. The first-order valence-corrected chi connectivity index (χ1v) is 16.7. The van der Waals surface area contributed by atoms with Crippen molar-refractivity contribution in [3.05, 3.63) is 60.2 Å². The molecule has 1 aliphatic carbocycles. The minimum absolute atomic E-state index is 0.0455. The van der Waals surface area contributed by atoms with E-state index in [9.17, 15) is 29.1 Å². The quantitative estimate of drug-likeness (QED) is 0.109. The molecular weight excluding hydrogens is 594 g/mol. The first-order chi connectivity index (χ1) is 21.5. The van der Waals surface area contributed by atoms with Crippen LogP contribution < -0.4 is 10.1 Å². The van der Waals surface area contributed by atoms with E-state index in [-0.39, 0.29) is 43.2 Å². The van der Waals surface area contributed by atoms with E-state index in [1.807, 2.05) is 6.07 Å². The Kier molecular flexibility index (Phi) is 14.3. The van der Waals surface area contributed by atoms with Crippen molar-refractivity contribution in [2.45, 2.75) is 102 Å². The Morgan fingerprint density at radius 3 is 2.33 bits per heavy atom. The molecule has 1 amide bonds. The van der Waals surface area contributed by atoms with Crippen molar-refractivity contribution in [3.63, 3.8) is 0 Å². The van der Waals surface area contributed by atoms with Gasteiger partial charge in [-0.1, -0.05) is 44.4 Å². The van der Waals surface area contributed by atoms with Gasteiger partial charge in [0.1, 0.15) is 23.4 Å². The van der Waals surface area contributed by atoms with Gasteiger partial charge in [-0.15, -0.1) is 0 Å². The number of hydrogen-bond acceptors (Lipinski definition) is 9. The van der Waals surface area contributed by atoms with Gasteiger partial charge >= 0.3 is 11.9 Å². The average Bonchev–Trinajstić information content (AvgIpc) is 3.28. The maximum absolute atomic E-state index is 12.9. The van der Waals surface area contributed by atoms with Crippen LogP contribution in [-0.2, 0) is 23.9 Å². The van der Waals surface area contributed by atoms with E-state index >= 15 is 0 Å². The summed E-state index contributed by atoms with van der Waals surface area (Å²) in [5, 5.41) is 13.2. The molecule has 0 bridgehead atoms. The predicted octanol–water partition coefficient (Wildman–Crippen LogP) is 6.32. The van der Waals surface area contributed by atoms with E-state index < -0.39 is 34.8 Å². The summed E-state index contributed by atoms with van der Waals surface area (Å²) in [6, 6.07) is 15.3. The topological polar surface area (TPSA) is 136 Å². The Balaban J connectivity index is 1.42. The second-order valence-electron chi connectivity index (χ2n) is 11.9. The number of anilines is 1. The second-order valence-corrected chi connectivity index (χ2v) is 13.1. The minimum Gasteiger partial charge on any atom is -0.461 e. The summed E-state index contributed by atoms with van der Waals surface area (Å²) in [6.45, 7) is 5.18. The van der Waals surface area contributed by atoms with E-state index in [1.165, 1.54) is 18.7 Å². The van der Waals surface area contributed by atoms with E-state index in [0.29, 0.717) is 42.0 Å². The standard InChI is InChI=1S/C35H45NO8S/c1-4-5-11-20-35(3,42)23-45-33-29(30(39)22-31(33)43-24(2)37)21-27(38)14-9-10-15-32(40)44-28-18-16-26(17-19-28)36-34(41)25-12-7-6-8-13-25/h6-8,12-13,16-19,29,31,33,42H,4-5,9-11,14-15,20-23H2,1-3H3,(H,36,41)/t29-,31+,33+,35?/m0/s1. The Labute approximate surface area is 269 Å². The van der Waals surface area contributed by atoms with Crippen LogP contribution in [0, 0.1) is 5.92 Å². The number of rotatable bonds is 18. The minimum atomic E-state index is -0.921. The molecule has 1 saturated carbocycles. The highest BCUT2D eigenvalue weighted by Gasteiger charge is 2.46. The molecule has 10 heteroatoms. The molecule has 0 spiro atoms. The molecule has 4 atom stereocenters. The van der Waals surface area contributed by atoms with E-state index in [4.69, 9.17) is 9.47 Å². The SMILES string of the molecule is CCCCCC(C)(O)CS[C@H]1[C@H](OC(C)=O)CC(=O)[C@@H]1CC(=O)CCCCC(=O)Oc1ccc(NC(=O)c2ccccc2)cc1. The van der Waals surface area contributed by atoms with E-state index in [0.717, 1.165) is 19.3 Å². The zero-order valence-electron chi connectivity index (χ0n) is 26.4. The largest absolute Gasteiger partial charge is 0.461 e. The lowest BCUT2D eigenvalue weighted by Gasteiger charge is -2.28. The molecule has 1 aliphatic rings. The van der Waals surface area contributed by atoms with E-state index in [1.54, 1.807) is 55.5 Å². The first kappa shape index (κ1) is 36.0. The van der Waals surface area contributed by atoms with Crippen LogP contribution in [0.15, 0.2) is 54.6 Å². The predicted molar refractivity (Wildman–Crippen MR) is 174 cm³/mol. The third kappa shape index (κ3) is 12.4. The molecule has 0 saturated heterocycles. The van der Waals surface area contributed by atoms with Crippen molar-refractivity contribution in [1.29, 1.82) is 0 Å². The van der Waals surface area contributed by atoms with Gasteiger partial charge in [-0.05, 0) is 62.6 Å². The van der Waals surface area contributed by atoms with Gasteiger partial charge in [0.15, 0.2) is 0 Å². The van der Waals surface area contributed by atoms with Crippen molar-refractivity contribution in [3.8, 4) is 5.75 Å². The van der Waals surface area contributed by atoms with Crippen molar-refractivity contribution in [1.82, 2.24) is 0 Å². The van der Waals surface area contributed by atoms with Gasteiger partial charge < -0.3 is 19.9 Å². The van der Waals surface area contributed by atoms with Crippen molar-refractivity contribution in [2.75, 3.05) is 11.1 Å². The molecule has 9 nitrogen and oxygen atoms in total. The lowest BCUT2D eigenvalue weighted by molar-refractivity contribution is -0.146. The number of aliphatic hydroxyl groups is 1. The molecule has 0 radical (unpaired) electrons. The Hall–Kier alpha value is -3.50. The van der Waals surface area contributed by atoms with Crippen LogP contribution in [0.3, 0.4) is 0 Å². The van der Waals surface area contributed by atoms with Gasteiger partial charge in [0, 0.05) is 55.5 Å². The fourth-order valence-corrected chi connectivity index (χ4v) is 6.85. The maximum atomic E-state index is 12.9. The van der Waals surface area contributed by atoms with Crippen LogP contribution in [0.2, 0.25) is 0 Å². The normalized spacial score (nSPS) is 19.0. The number of carbonyl (C=O) groups is 5. The first-order valence-electron chi connectivity index (χ1n) is 15.7. The van der Waals surface area contributed by atoms with Crippen LogP contribution in [0.4, 0.5) is 5.69 Å². The number of unbranched alkanes of at least 4 members (excludes halogenated alkanes) is 3. The lowest BCUT2D eigenvalue weighted by atomic mass is 9.96. The number of ketones is 2. The molecule has 3 rings (SSSR count).